The zero-order chi connectivity index (χ0) is 16.4. The van der Waals surface area contributed by atoms with Crippen molar-refractivity contribution in [3.05, 3.63) is 0 Å². The minimum atomic E-state index is -0.00356. The van der Waals surface area contributed by atoms with Crippen molar-refractivity contribution in [1.29, 1.82) is 0 Å². The highest BCUT2D eigenvalue weighted by molar-refractivity contribution is 5.14. The third kappa shape index (κ3) is 2.28. The molecule has 2 heteroatoms. The van der Waals surface area contributed by atoms with E-state index in [1.54, 1.807) is 0 Å². The summed E-state index contributed by atoms with van der Waals surface area (Å²) in [5.74, 6) is 4.36. The molecule has 4 rings (SSSR count). The minimum Gasteiger partial charge on any atom is -0.393 e. The average molecular weight is 309 g/mol. The fourth-order valence-corrected chi connectivity index (χ4v) is 6.08. The first kappa shape index (κ1) is 16.8. The van der Waals surface area contributed by atoms with E-state index in [0.29, 0.717) is 22.7 Å². The van der Waals surface area contributed by atoms with E-state index in [2.05, 4.69) is 41.5 Å². The molecule has 0 aromatic rings. The molecule has 4 aliphatic rings. The van der Waals surface area contributed by atoms with Gasteiger partial charge in [-0.15, -0.1) is 0 Å². The summed E-state index contributed by atoms with van der Waals surface area (Å²) in [5.41, 5.74) is 1.11. The van der Waals surface area contributed by atoms with Gasteiger partial charge in [0.05, 0.1) is 12.2 Å². The van der Waals surface area contributed by atoms with Crippen LogP contribution in [0.15, 0.2) is 0 Å². The molecule has 4 aliphatic carbocycles. The average Bonchev–Trinajstić information content (AvgIpc) is 3.29. The zero-order valence-electron chi connectivity index (χ0n) is 15.3. The number of rotatable bonds is 2. The summed E-state index contributed by atoms with van der Waals surface area (Å²) in [6, 6.07) is 0. The Morgan fingerprint density at radius 3 is 1.14 bits per heavy atom. The zero-order valence-corrected chi connectivity index (χ0v) is 15.3. The van der Waals surface area contributed by atoms with Crippen LogP contribution in [-0.4, -0.2) is 22.4 Å². The van der Waals surface area contributed by atoms with Crippen molar-refractivity contribution >= 4 is 0 Å². The molecule has 0 aromatic heterocycles. The van der Waals surface area contributed by atoms with Crippen molar-refractivity contribution in [3.63, 3.8) is 0 Å². The van der Waals surface area contributed by atoms with Gasteiger partial charge in [-0.3, -0.25) is 0 Å². The Balaban J connectivity index is 0.000000131. The van der Waals surface area contributed by atoms with Gasteiger partial charge in [-0.2, -0.15) is 0 Å². The molecule has 2 N–H and O–H groups in total. The first-order valence-electron chi connectivity index (χ1n) is 9.52. The normalized spacial score (nSPS) is 54.8. The predicted octanol–water partition coefficient (Wildman–Crippen LogP) is 4.10. The van der Waals surface area contributed by atoms with Crippen LogP contribution in [0.25, 0.3) is 0 Å². The highest BCUT2D eigenvalue weighted by atomic mass is 16.3. The highest BCUT2D eigenvalue weighted by Crippen LogP contribution is 2.70. The third-order valence-corrected chi connectivity index (χ3v) is 8.32. The van der Waals surface area contributed by atoms with E-state index in [1.807, 2.05) is 0 Å². The molecule has 0 radical (unpaired) electrons. The van der Waals surface area contributed by atoms with Crippen LogP contribution in [0.5, 0.6) is 0 Å². The van der Waals surface area contributed by atoms with Crippen molar-refractivity contribution in [3.8, 4) is 0 Å². The van der Waals surface area contributed by atoms with Crippen LogP contribution in [-0.2, 0) is 0 Å². The summed E-state index contributed by atoms with van der Waals surface area (Å²) >= 11 is 0. The van der Waals surface area contributed by atoms with Crippen LogP contribution in [0.1, 0.15) is 67.2 Å². The van der Waals surface area contributed by atoms with Gasteiger partial charge in [-0.1, -0.05) is 41.5 Å². The van der Waals surface area contributed by atoms with Crippen molar-refractivity contribution in [1.82, 2.24) is 0 Å². The highest BCUT2D eigenvalue weighted by Gasteiger charge is 2.65. The standard InChI is InChI=1S/2C10H18O/c2*1-6(2)10-4-8(10)7(3)9(11)5-10/h2*6-9,11H,4-5H2,1-3H3. The largest absolute Gasteiger partial charge is 0.393 e. The molecular formula is C20H36O2. The first-order chi connectivity index (χ1) is 10.2. The van der Waals surface area contributed by atoms with E-state index in [-0.39, 0.29) is 12.2 Å². The Hall–Kier alpha value is -0.0800. The van der Waals surface area contributed by atoms with Crippen LogP contribution < -0.4 is 0 Å². The van der Waals surface area contributed by atoms with Gasteiger partial charge in [0.1, 0.15) is 0 Å². The van der Waals surface area contributed by atoms with E-state index in [0.717, 1.165) is 36.5 Å². The molecule has 0 amide bonds. The van der Waals surface area contributed by atoms with Gasteiger partial charge in [0.15, 0.2) is 0 Å². The number of aliphatic hydroxyl groups is 2. The summed E-state index contributed by atoms with van der Waals surface area (Å²) in [6.45, 7) is 13.6. The van der Waals surface area contributed by atoms with Crippen molar-refractivity contribution < 1.29 is 10.2 Å². The van der Waals surface area contributed by atoms with Crippen LogP contribution >= 0.6 is 0 Å². The lowest BCUT2D eigenvalue weighted by Crippen LogP contribution is -2.15. The summed E-state index contributed by atoms with van der Waals surface area (Å²) in [5, 5.41) is 19.2. The predicted molar refractivity (Wildman–Crippen MR) is 90.3 cm³/mol. The third-order valence-electron chi connectivity index (χ3n) is 8.32. The van der Waals surface area contributed by atoms with Crippen molar-refractivity contribution in [2.45, 2.75) is 79.4 Å². The van der Waals surface area contributed by atoms with Crippen LogP contribution in [0.3, 0.4) is 0 Å². The van der Waals surface area contributed by atoms with Gasteiger partial charge in [0, 0.05) is 0 Å². The van der Waals surface area contributed by atoms with Gasteiger partial charge in [0.25, 0.3) is 0 Å². The van der Waals surface area contributed by atoms with Gasteiger partial charge in [0.2, 0.25) is 0 Å². The molecule has 22 heavy (non-hydrogen) atoms. The van der Waals surface area contributed by atoms with Crippen LogP contribution in [0.2, 0.25) is 0 Å². The van der Waals surface area contributed by atoms with E-state index < -0.39 is 0 Å². The number of hydrogen-bond donors (Lipinski definition) is 2. The summed E-state index contributed by atoms with van der Waals surface area (Å²) in [4.78, 5) is 0. The van der Waals surface area contributed by atoms with E-state index in [1.165, 1.54) is 12.8 Å². The quantitative estimate of drug-likeness (QED) is 0.806. The lowest BCUT2D eigenvalue weighted by atomic mass is 9.89. The monoisotopic (exact) mass is 308 g/mol. The molecule has 0 aliphatic heterocycles. The van der Waals surface area contributed by atoms with Gasteiger partial charge >= 0.3 is 0 Å². The lowest BCUT2D eigenvalue weighted by Gasteiger charge is -2.17. The fourth-order valence-electron chi connectivity index (χ4n) is 6.08. The molecule has 8 unspecified atom stereocenters. The molecule has 0 bridgehead atoms. The molecule has 2 nitrogen and oxygen atoms in total. The second-order valence-electron chi connectivity index (χ2n) is 9.66. The maximum absolute atomic E-state index is 9.61. The Kier molecular flexibility index (Phi) is 3.97. The van der Waals surface area contributed by atoms with E-state index >= 15 is 0 Å². The molecule has 0 aromatic carbocycles. The SMILES string of the molecule is CC1C(O)CC2(C(C)C)CC12.CC1C(O)CC2(C(C)C)CC12. The van der Waals surface area contributed by atoms with Crippen molar-refractivity contribution in [2.75, 3.05) is 0 Å². The van der Waals surface area contributed by atoms with Crippen molar-refractivity contribution in [2.24, 2.45) is 46.3 Å². The van der Waals surface area contributed by atoms with Gasteiger partial charge in [-0.05, 0) is 72.0 Å². The molecule has 0 saturated heterocycles. The molecule has 128 valence electrons. The Bertz CT molecular complexity index is 391. The second-order valence-corrected chi connectivity index (χ2v) is 9.66. The number of aliphatic hydroxyl groups excluding tert-OH is 2. The fraction of sp³-hybridized carbons (Fsp3) is 1.00. The Morgan fingerprint density at radius 2 is 1.00 bits per heavy atom. The maximum atomic E-state index is 9.61. The number of hydrogen-bond acceptors (Lipinski definition) is 2. The topological polar surface area (TPSA) is 40.5 Å². The van der Waals surface area contributed by atoms with Gasteiger partial charge < -0.3 is 10.2 Å². The molecular weight excluding hydrogens is 272 g/mol. The molecule has 4 fully saturated rings. The van der Waals surface area contributed by atoms with Crippen LogP contribution in [0, 0.1) is 46.3 Å². The molecule has 4 saturated carbocycles. The minimum absolute atomic E-state index is 0.00356. The summed E-state index contributed by atoms with van der Waals surface area (Å²) in [6.07, 6.45) is 4.88. The Morgan fingerprint density at radius 1 is 0.682 bits per heavy atom. The second kappa shape index (κ2) is 5.21. The van der Waals surface area contributed by atoms with Gasteiger partial charge in [-0.25, -0.2) is 0 Å². The maximum Gasteiger partial charge on any atom is 0.0574 e. The molecule has 0 heterocycles. The molecule has 0 spiro atoms. The van der Waals surface area contributed by atoms with Crippen LogP contribution in [0.4, 0.5) is 0 Å². The summed E-state index contributed by atoms with van der Waals surface area (Å²) in [7, 11) is 0. The smallest absolute Gasteiger partial charge is 0.0574 e. The Labute approximate surface area is 136 Å². The summed E-state index contributed by atoms with van der Waals surface area (Å²) < 4.78 is 0. The number of fused-ring (bicyclic) bond motifs is 2. The molecule has 8 atom stereocenters. The van der Waals surface area contributed by atoms with E-state index in [4.69, 9.17) is 0 Å². The lowest BCUT2D eigenvalue weighted by molar-refractivity contribution is 0.113. The first-order valence-corrected chi connectivity index (χ1v) is 9.52. The van der Waals surface area contributed by atoms with E-state index in [9.17, 15) is 10.2 Å².